The zero-order valence-electron chi connectivity index (χ0n) is 9.90. The van der Waals surface area contributed by atoms with Gasteiger partial charge in [-0.15, -0.1) is 0 Å². The van der Waals surface area contributed by atoms with Crippen LogP contribution in [0.1, 0.15) is 12.0 Å². The predicted molar refractivity (Wildman–Crippen MR) is 79.6 cm³/mol. The summed E-state index contributed by atoms with van der Waals surface area (Å²) in [5.74, 6) is 0.509. The van der Waals surface area contributed by atoms with Crippen molar-refractivity contribution in [3.8, 4) is 0 Å². The third kappa shape index (κ3) is 3.19. The largest absolute Gasteiger partial charge is 0.370 e. The topological polar surface area (TPSA) is 37.4 Å². The highest BCUT2D eigenvalue weighted by atomic mass is 79.9. The Morgan fingerprint density at radius 3 is 2.78 bits per heavy atom. The summed E-state index contributed by atoms with van der Waals surface area (Å²) in [6.45, 7) is 1.31. The lowest BCUT2D eigenvalue weighted by atomic mass is 10.1. The molecule has 1 saturated heterocycles. The van der Waals surface area contributed by atoms with Crippen LogP contribution in [0.5, 0.6) is 0 Å². The van der Waals surface area contributed by atoms with Gasteiger partial charge in [0.25, 0.3) is 0 Å². The molecule has 2 rings (SSSR count). The Morgan fingerprint density at radius 2 is 2.06 bits per heavy atom. The minimum absolute atomic E-state index is 0.223. The van der Waals surface area contributed by atoms with Crippen molar-refractivity contribution in [2.45, 2.75) is 11.8 Å². The van der Waals surface area contributed by atoms with Crippen LogP contribution < -0.4 is 4.90 Å². The first-order valence-electron chi connectivity index (χ1n) is 5.82. The standard InChI is InChI=1S/C12H15BrClNO2S/c13-9-10-11(14)3-1-4-12(10)15-5-2-7-18(16,17)8-6-15/h1,3-4H,2,5-9H2. The number of alkyl halides is 1. The normalized spacial score (nSPS) is 19.6. The Balaban J connectivity index is 2.29. The molecule has 0 N–H and O–H groups in total. The van der Waals surface area contributed by atoms with Crippen LogP contribution in [0.2, 0.25) is 5.02 Å². The predicted octanol–water partition coefficient (Wildman–Crippen LogP) is 2.86. The number of anilines is 1. The van der Waals surface area contributed by atoms with Gasteiger partial charge in [0, 0.05) is 34.7 Å². The van der Waals surface area contributed by atoms with Crippen LogP contribution in [-0.4, -0.2) is 33.0 Å². The van der Waals surface area contributed by atoms with E-state index in [0.717, 1.165) is 22.8 Å². The molecule has 1 aromatic carbocycles. The molecule has 0 atom stereocenters. The first kappa shape index (κ1) is 14.2. The highest BCUT2D eigenvalue weighted by Gasteiger charge is 2.21. The molecular weight excluding hydrogens is 338 g/mol. The molecule has 1 aliphatic rings. The maximum atomic E-state index is 11.6. The fraction of sp³-hybridized carbons (Fsp3) is 0.500. The SMILES string of the molecule is O=S1(=O)CCCN(c2cccc(Cl)c2CBr)CC1. The zero-order chi connectivity index (χ0) is 13.2. The van der Waals surface area contributed by atoms with Gasteiger partial charge in [-0.25, -0.2) is 8.42 Å². The van der Waals surface area contributed by atoms with Crippen molar-refractivity contribution < 1.29 is 8.42 Å². The maximum Gasteiger partial charge on any atom is 0.152 e. The number of hydrogen-bond donors (Lipinski definition) is 0. The number of sulfone groups is 1. The number of benzene rings is 1. The summed E-state index contributed by atoms with van der Waals surface area (Å²) in [5, 5.41) is 1.39. The van der Waals surface area contributed by atoms with Gasteiger partial charge in [-0.1, -0.05) is 33.6 Å². The van der Waals surface area contributed by atoms with Gasteiger partial charge in [0.15, 0.2) is 9.84 Å². The summed E-state index contributed by atoms with van der Waals surface area (Å²) in [5.41, 5.74) is 2.06. The van der Waals surface area contributed by atoms with E-state index in [2.05, 4.69) is 20.8 Å². The van der Waals surface area contributed by atoms with E-state index in [1.54, 1.807) is 0 Å². The molecule has 0 aliphatic carbocycles. The highest BCUT2D eigenvalue weighted by Crippen LogP contribution is 2.30. The third-order valence-corrected chi connectivity index (χ3v) is 5.75. The second kappa shape index (κ2) is 5.80. The highest BCUT2D eigenvalue weighted by molar-refractivity contribution is 9.08. The molecule has 100 valence electrons. The van der Waals surface area contributed by atoms with Crippen molar-refractivity contribution in [2.24, 2.45) is 0 Å². The lowest BCUT2D eigenvalue weighted by Crippen LogP contribution is -2.27. The summed E-state index contributed by atoms with van der Waals surface area (Å²) in [7, 11) is -2.88. The summed E-state index contributed by atoms with van der Waals surface area (Å²) in [4.78, 5) is 2.12. The fourth-order valence-corrected chi connectivity index (χ4v) is 4.41. The van der Waals surface area contributed by atoms with Crippen molar-refractivity contribution in [3.63, 3.8) is 0 Å². The molecule has 1 fully saturated rings. The second-order valence-electron chi connectivity index (χ2n) is 4.36. The van der Waals surface area contributed by atoms with Crippen LogP contribution in [-0.2, 0) is 15.2 Å². The average Bonchev–Trinajstić information content (AvgIpc) is 2.50. The van der Waals surface area contributed by atoms with E-state index in [-0.39, 0.29) is 11.5 Å². The van der Waals surface area contributed by atoms with E-state index in [1.165, 1.54) is 0 Å². The summed E-state index contributed by atoms with van der Waals surface area (Å²) in [6.07, 6.45) is 0.677. The van der Waals surface area contributed by atoms with Crippen molar-refractivity contribution in [1.29, 1.82) is 0 Å². The van der Waals surface area contributed by atoms with Crippen molar-refractivity contribution in [1.82, 2.24) is 0 Å². The molecule has 0 radical (unpaired) electrons. The lowest BCUT2D eigenvalue weighted by Gasteiger charge is -2.25. The Hall–Kier alpha value is -0.260. The molecule has 1 heterocycles. The van der Waals surface area contributed by atoms with Gasteiger partial charge < -0.3 is 4.90 Å². The van der Waals surface area contributed by atoms with Gasteiger partial charge in [-0.2, -0.15) is 0 Å². The Bertz CT molecular complexity index is 533. The van der Waals surface area contributed by atoms with Gasteiger partial charge in [-0.05, 0) is 18.6 Å². The second-order valence-corrected chi connectivity index (χ2v) is 7.64. The van der Waals surface area contributed by atoms with Crippen molar-refractivity contribution in [2.75, 3.05) is 29.5 Å². The Morgan fingerprint density at radius 1 is 1.28 bits per heavy atom. The molecular formula is C12H15BrClNO2S. The molecule has 0 bridgehead atoms. The molecule has 0 amide bonds. The van der Waals surface area contributed by atoms with Crippen LogP contribution in [0.3, 0.4) is 0 Å². The van der Waals surface area contributed by atoms with Crippen LogP contribution in [0.25, 0.3) is 0 Å². The molecule has 0 aromatic heterocycles. The number of hydrogen-bond acceptors (Lipinski definition) is 3. The quantitative estimate of drug-likeness (QED) is 0.768. The third-order valence-electron chi connectivity index (χ3n) is 3.12. The number of halogens is 2. The monoisotopic (exact) mass is 351 g/mol. The summed E-state index contributed by atoms with van der Waals surface area (Å²) >= 11 is 9.61. The van der Waals surface area contributed by atoms with E-state index >= 15 is 0 Å². The number of nitrogens with zero attached hydrogens (tertiary/aromatic N) is 1. The van der Waals surface area contributed by atoms with Gasteiger partial charge >= 0.3 is 0 Å². The van der Waals surface area contributed by atoms with E-state index in [1.807, 2.05) is 18.2 Å². The average molecular weight is 353 g/mol. The molecule has 0 saturated carbocycles. The zero-order valence-corrected chi connectivity index (χ0v) is 13.1. The molecule has 3 nitrogen and oxygen atoms in total. The van der Waals surface area contributed by atoms with Crippen LogP contribution in [0, 0.1) is 0 Å². The van der Waals surface area contributed by atoms with Gasteiger partial charge in [0.2, 0.25) is 0 Å². The first-order valence-corrected chi connectivity index (χ1v) is 9.14. The van der Waals surface area contributed by atoms with Gasteiger partial charge in [-0.3, -0.25) is 0 Å². The van der Waals surface area contributed by atoms with E-state index < -0.39 is 9.84 Å². The Labute approximate surface area is 121 Å². The van der Waals surface area contributed by atoms with E-state index in [4.69, 9.17) is 11.6 Å². The van der Waals surface area contributed by atoms with Crippen molar-refractivity contribution in [3.05, 3.63) is 28.8 Å². The molecule has 0 spiro atoms. The van der Waals surface area contributed by atoms with Crippen LogP contribution in [0.15, 0.2) is 18.2 Å². The van der Waals surface area contributed by atoms with E-state index in [0.29, 0.717) is 18.3 Å². The van der Waals surface area contributed by atoms with Crippen molar-refractivity contribution >= 4 is 43.1 Å². The van der Waals surface area contributed by atoms with Crippen LogP contribution in [0.4, 0.5) is 5.69 Å². The lowest BCUT2D eigenvalue weighted by molar-refractivity contribution is 0.597. The van der Waals surface area contributed by atoms with Gasteiger partial charge in [0.05, 0.1) is 11.5 Å². The summed E-state index contributed by atoms with van der Waals surface area (Å²) in [6, 6.07) is 5.76. The summed E-state index contributed by atoms with van der Waals surface area (Å²) < 4.78 is 23.2. The first-order chi connectivity index (χ1) is 8.53. The Kier molecular flexibility index (Phi) is 4.56. The molecule has 6 heteroatoms. The number of rotatable bonds is 2. The fourth-order valence-electron chi connectivity index (χ4n) is 2.16. The minimum Gasteiger partial charge on any atom is -0.370 e. The van der Waals surface area contributed by atoms with E-state index in [9.17, 15) is 8.42 Å². The molecule has 0 unspecified atom stereocenters. The molecule has 18 heavy (non-hydrogen) atoms. The maximum absolute atomic E-state index is 11.6. The van der Waals surface area contributed by atoms with Gasteiger partial charge in [0.1, 0.15) is 0 Å². The smallest absolute Gasteiger partial charge is 0.152 e. The minimum atomic E-state index is -2.88. The molecule has 1 aromatic rings. The van der Waals surface area contributed by atoms with Crippen LogP contribution >= 0.6 is 27.5 Å². The molecule has 1 aliphatic heterocycles.